The molecule has 0 saturated heterocycles. The lowest BCUT2D eigenvalue weighted by atomic mass is 10.2. The Hall–Kier alpha value is -4.25. The van der Waals surface area contributed by atoms with E-state index in [1.165, 1.54) is 6.26 Å². The quantitative estimate of drug-likeness (QED) is 0.572. The zero-order valence-electron chi connectivity index (χ0n) is 15.3. The lowest BCUT2D eigenvalue weighted by Crippen LogP contribution is -2.38. The van der Waals surface area contributed by atoms with Gasteiger partial charge < -0.3 is 25.1 Å². The summed E-state index contributed by atoms with van der Waals surface area (Å²) < 4.78 is 10.8. The number of rotatable bonds is 7. The van der Waals surface area contributed by atoms with E-state index in [1.807, 2.05) is 6.07 Å². The summed E-state index contributed by atoms with van der Waals surface area (Å²) in [5, 5.41) is 16.5. The van der Waals surface area contributed by atoms with Crippen LogP contribution in [0.1, 0.15) is 11.3 Å². The molecule has 3 aromatic rings. The van der Waals surface area contributed by atoms with Crippen molar-refractivity contribution in [2.24, 2.45) is 0 Å². The first-order valence-electron chi connectivity index (χ1n) is 8.74. The zero-order valence-corrected chi connectivity index (χ0v) is 15.3. The minimum Gasteiger partial charge on any atom is -0.467 e. The van der Waals surface area contributed by atoms with Crippen molar-refractivity contribution in [1.29, 1.82) is 5.26 Å². The number of anilines is 1. The maximum atomic E-state index is 11.9. The minimum atomic E-state index is -0.501. The van der Waals surface area contributed by atoms with E-state index < -0.39 is 6.03 Å². The fraction of sp³-hybridized carbons (Fsp3) is 0.0952. The predicted molar refractivity (Wildman–Crippen MR) is 105 cm³/mol. The molecule has 8 nitrogen and oxygen atoms in total. The molecule has 0 atom stereocenters. The molecule has 0 radical (unpaired) electrons. The number of nitrogens with one attached hydrogen (secondary N) is 3. The van der Waals surface area contributed by atoms with Gasteiger partial charge in [-0.3, -0.25) is 4.79 Å². The van der Waals surface area contributed by atoms with Crippen LogP contribution in [0.4, 0.5) is 10.5 Å². The molecule has 2 aromatic carbocycles. The Kier molecular flexibility index (Phi) is 6.47. The molecular formula is C21H18N4O4. The normalized spacial score (nSPS) is 9.90. The number of hydrogen-bond donors (Lipinski definition) is 3. The van der Waals surface area contributed by atoms with Crippen molar-refractivity contribution in [3.8, 4) is 17.6 Å². The van der Waals surface area contributed by atoms with E-state index >= 15 is 0 Å². The summed E-state index contributed by atoms with van der Waals surface area (Å²) in [4.78, 5) is 23.6. The number of furan rings is 1. The van der Waals surface area contributed by atoms with Crippen molar-refractivity contribution in [3.05, 3.63) is 78.3 Å². The van der Waals surface area contributed by atoms with E-state index in [0.717, 1.165) is 0 Å². The standard InChI is InChI=1S/C21H18N4O4/c22-12-15-3-7-17(8-4-15)29-18-9-5-16(6-10-18)25-21(27)24-14-20(26)23-13-19-2-1-11-28-19/h1-11H,13-14H2,(H,23,26)(H2,24,25,27). The Balaban J connectivity index is 1.42. The number of benzene rings is 2. The number of carbonyl (C=O) groups is 2. The third-order valence-electron chi connectivity index (χ3n) is 3.78. The summed E-state index contributed by atoms with van der Waals surface area (Å²) in [6.07, 6.45) is 1.52. The van der Waals surface area contributed by atoms with E-state index in [0.29, 0.717) is 28.5 Å². The lowest BCUT2D eigenvalue weighted by molar-refractivity contribution is -0.120. The van der Waals surface area contributed by atoms with Crippen molar-refractivity contribution in [2.75, 3.05) is 11.9 Å². The summed E-state index contributed by atoms with van der Waals surface area (Å²) in [5.41, 5.74) is 1.10. The maximum absolute atomic E-state index is 11.9. The number of amides is 3. The van der Waals surface area contributed by atoms with Gasteiger partial charge in [-0.25, -0.2) is 4.79 Å². The van der Waals surface area contributed by atoms with Gasteiger partial charge >= 0.3 is 6.03 Å². The molecule has 146 valence electrons. The van der Waals surface area contributed by atoms with Crippen LogP contribution in [0.5, 0.6) is 11.5 Å². The third-order valence-corrected chi connectivity index (χ3v) is 3.78. The Labute approximate surface area is 167 Å². The van der Waals surface area contributed by atoms with Crippen molar-refractivity contribution >= 4 is 17.6 Å². The molecule has 0 unspecified atom stereocenters. The molecule has 0 aliphatic heterocycles. The van der Waals surface area contributed by atoms with E-state index in [2.05, 4.69) is 16.0 Å². The SMILES string of the molecule is N#Cc1ccc(Oc2ccc(NC(=O)NCC(=O)NCc3ccco3)cc2)cc1. The smallest absolute Gasteiger partial charge is 0.319 e. The van der Waals surface area contributed by atoms with Crippen molar-refractivity contribution in [3.63, 3.8) is 0 Å². The largest absolute Gasteiger partial charge is 0.467 e. The van der Waals surface area contributed by atoms with Gasteiger partial charge in [-0.15, -0.1) is 0 Å². The van der Waals surface area contributed by atoms with Crippen molar-refractivity contribution < 1.29 is 18.7 Å². The van der Waals surface area contributed by atoms with Crippen molar-refractivity contribution in [1.82, 2.24) is 10.6 Å². The van der Waals surface area contributed by atoms with Crippen LogP contribution in [0.3, 0.4) is 0 Å². The number of nitriles is 1. The Morgan fingerprint density at radius 2 is 1.66 bits per heavy atom. The molecule has 3 amide bonds. The van der Waals surface area contributed by atoms with Crippen LogP contribution < -0.4 is 20.7 Å². The van der Waals surface area contributed by atoms with Crippen LogP contribution in [-0.4, -0.2) is 18.5 Å². The van der Waals surface area contributed by atoms with Crippen LogP contribution >= 0.6 is 0 Å². The molecule has 0 saturated carbocycles. The first kappa shape index (κ1) is 19.5. The maximum Gasteiger partial charge on any atom is 0.319 e. The molecule has 8 heteroatoms. The van der Waals surface area contributed by atoms with Gasteiger partial charge in [0.05, 0.1) is 31.0 Å². The van der Waals surface area contributed by atoms with Crippen LogP contribution in [0, 0.1) is 11.3 Å². The first-order valence-corrected chi connectivity index (χ1v) is 8.74. The average Bonchev–Trinajstić information content (AvgIpc) is 3.26. The number of carbonyl (C=O) groups excluding carboxylic acids is 2. The Morgan fingerprint density at radius 1 is 0.966 bits per heavy atom. The second-order valence-corrected chi connectivity index (χ2v) is 5.93. The molecule has 1 heterocycles. The Bertz CT molecular complexity index is 991. The molecule has 3 rings (SSSR count). The van der Waals surface area contributed by atoms with E-state index in [9.17, 15) is 9.59 Å². The molecule has 3 N–H and O–H groups in total. The second-order valence-electron chi connectivity index (χ2n) is 5.93. The molecule has 0 bridgehead atoms. The van der Waals surface area contributed by atoms with Crippen LogP contribution in [0.2, 0.25) is 0 Å². The highest BCUT2D eigenvalue weighted by atomic mass is 16.5. The molecule has 1 aromatic heterocycles. The number of ether oxygens (including phenoxy) is 1. The highest BCUT2D eigenvalue weighted by Gasteiger charge is 2.07. The Morgan fingerprint density at radius 3 is 2.28 bits per heavy atom. The monoisotopic (exact) mass is 390 g/mol. The summed E-state index contributed by atoms with van der Waals surface area (Å²) in [5.74, 6) is 1.48. The lowest BCUT2D eigenvalue weighted by Gasteiger charge is -2.09. The molecule has 0 spiro atoms. The third kappa shape index (κ3) is 6.15. The van der Waals surface area contributed by atoms with Crippen molar-refractivity contribution in [2.45, 2.75) is 6.54 Å². The van der Waals surface area contributed by atoms with Gasteiger partial charge in [-0.1, -0.05) is 0 Å². The zero-order chi connectivity index (χ0) is 20.5. The average molecular weight is 390 g/mol. The number of hydrogen-bond acceptors (Lipinski definition) is 5. The van der Waals surface area contributed by atoms with E-state index in [-0.39, 0.29) is 19.0 Å². The summed E-state index contributed by atoms with van der Waals surface area (Å²) >= 11 is 0. The molecule has 0 aliphatic carbocycles. The fourth-order valence-corrected chi connectivity index (χ4v) is 2.34. The van der Waals surface area contributed by atoms with Gasteiger partial charge in [-0.2, -0.15) is 5.26 Å². The van der Waals surface area contributed by atoms with Gasteiger partial charge in [0.25, 0.3) is 0 Å². The topological polar surface area (TPSA) is 116 Å². The van der Waals surface area contributed by atoms with Gasteiger partial charge in [-0.05, 0) is 60.7 Å². The molecule has 0 fully saturated rings. The second kappa shape index (κ2) is 9.62. The van der Waals surface area contributed by atoms with Gasteiger partial charge in [0.15, 0.2) is 0 Å². The highest BCUT2D eigenvalue weighted by Crippen LogP contribution is 2.23. The predicted octanol–water partition coefficient (Wildman–Crippen LogP) is 3.38. The molecule has 0 aliphatic rings. The fourth-order valence-electron chi connectivity index (χ4n) is 2.34. The van der Waals surface area contributed by atoms with Gasteiger partial charge in [0, 0.05) is 5.69 Å². The highest BCUT2D eigenvalue weighted by molar-refractivity contribution is 5.92. The summed E-state index contributed by atoms with van der Waals surface area (Å²) in [7, 11) is 0. The van der Waals surface area contributed by atoms with Gasteiger partial charge in [0.2, 0.25) is 5.91 Å². The minimum absolute atomic E-state index is 0.160. The van der Waals surface area contributed by atoms with E-state index in [1.54, 1.807) is 60.7 Å². The number of nitrogens with zero attached hydrogens (tertiary/aromatic N) is 1. The molecule has 29 heavy (non-hydrogen) atoms. The van der Waals surface area contributed by atoms with Crippen LogP contribution in [0.25, 0.3) is 0 Å². The summed E-state index contributed by atoms with van der Waals surface area (Å²) in [6.45, 7) is 0.0995. The van der Waals surface area contributed by atoms with Gasteiger partial charge in [0.1, 0.15) is 17.3 Å². The number of urea groups is 1. The van der Waals surface area contributed by atoms with E-state index in [4.69, 9.17) is 14.4 Å². The van der Waals surface area contributed by atoms with Crippen LogP contribution in [-0.2, 0) is 11.3 Å². The molecular weight excluding hydrogens is 372 g/mol. The first-order chi connectivity index (χ1) is 14.1. The van der Waals surface area contributed by atoms with Crippen LogP contribution in [0.15, 0.2) is 71.3 Å². The summed E-state index contributed by atoms with van der Waals surface area (Å²) in [6, 6.07) is 18.5.